The Bertz CT molecular complexity index is 543. The van der Waals surface area contributed by atoms with E-state index in [0.29, 0.717) is 12.5 Å². The maximum atomic E-state index is 6.23. The van der Waals surface area contributed by atoms with Gasteiger partial charge in [-0.1, -0.05) is 59.1 Å². The van der Waals surface area contributed by atoms with Crippen LogP contribution in [0.1, 0.15) is 16.7 Å². The van der Waals surface area contributed by atoms with Crippen LogP contribution in [0.4, 0.5) is 0 Å². The number of hydrogen-bond acceptors (Lipinski definition) is 1. The van der Waals surface area contributed by atoms with Crippen LogP contribution >= 0.6 is 23.2 Å². The quantitative estimate of drug-likeness (QED) is 0.854. The Hall–Kier alpha value is -1.02. The molecule has 0 saturated carbocycles. The Kier molecular flexibility index (Phi) is 5.47. The summed E-state index contributed by atoms with van der Waals surface area (Å²) in [5.74, 6) is 0.343. The van der Waals surface area contributed by atoms with Crippen molar-refractivity contribution in [1.29, 1.82) is 0 Å². The van der Waals surface area contributed by atoms with E-state index in [0.717, 1.165) is 28.5 Å². The summed E-state index contributed by atoms with van der Waals surface area (Å²) in [6.45, 7) is 2.71. The normalized spacial score (nSPS) is 12.4. The molecule has 0 bridgehead atoms. The molecule has 1 nitrogen and oxygen atoms in total. The second kappa shape index (κ2) is 7.12. The van der Waals surface area contributed by atoms with Crippen LogP contribution in [0.2, 0.25) is 10.0 Å². The minimum atomic E-state index is 0.343. The molecule has 0 radical (unpaired) electrons. The fourth-order valence-electron chi connectivity index (χ4n) is 2.31. The number of hydrogen-bond donors (Lipinski definition) is 1. The van der Waals surface area contributed by atoms with Gasteiger partial charge >= 0.3 is 0 Å². The van der Waals surface area contributed by atoms with Crippen molar-refractivity contribution in [3.8, 4) is 0 Å². The zero-order chi connectivity index (χ0) is 14.5. The van der Waals surface area contributed by atoms with E-state index in [1.165, 1.54) is 11.1 Å². The van der Waals surface area contributed by atoms with Crippen molar-refractivity contribution >= 4 is 23.2 Å². The number of rotatable bonds is 5. The molecule has 0 amide bonds. The predicted octanol–water partition coefficient (Wildman–Crippen LogP) is 4.66. The van der Waals surface area contributed by atoms with Crippen molar-refractivity contribution in [2.45, 2.75) is 19.8 Å². The van der Waals surface area contributed by atoms with Crippen molar-refractivity contribution in [1.82, 2.24) is 0 Å². The first-order chi connectivity index (χ1) is 9.60. The van der Waals surface area contributed by atoms with Crippen LogP contribution in [0, 0.1) is 12.8 Å². The first-order valence-corrected chi connectivity index (χ1v) is 7.54. The Morgan fingerprint density at radius 3 is 2.10 bits per heavy atom. The van der Waals surface area contributed by atoms with Crippen LogP contribution in [0.15, 0.2) is 42.5 Å². The maximum Gasteiger partial charge on any atom is 0.0452 e. The molecule has 0 aliphatic carbocycles. The monoisotopic (exact) mass is 307 g/mol. The Morgan fingerprint density at radius 2 is 1.55 bits per heavy atom. The van der Waals surface area contributed by atoms with Gasteiger partial charge in [0.2, 0.25) is 0 Å². The van der Waals surface area contributed by atoms with Crippen LogP contribution in [-0.4, -0.2) is 6.54 Å². The number of benzene rings is 2. The van der Waals surface area contributed by atoms with E-state index in [2.05, 4.69) is 31.2 Å². The smallest absolute Gasteiger partial charge is 0.0452 e. The van der Waals surface area contributed by atoms with Gasteiger partial charge in [0.05, 0.1) is 0 Å². The van der Waals surface area contributed by atoms with Gasteiger partial charge in [0.1, 0.15) is 0 Å². The summed E-state index contributed by atoms with van der Waals surface area (Å²) in [5.41, 5.74) is 9.48. The molecule has 3 heteroatoms. The average Bonchev–Trinajstić information content (AvgIpc) is 2.44. The van der Waals surface area contributed by atoms with Crippen LogP contribution in [0.25, 0.3) is 0 Å². The van der Waals surface area contributed by atoms with E-state index in [-0.39, 0.29) is 0 Å². The SMILES string of the molecule is Cc1ccc(CC(CN)Cc2c(Cl)cccc2Cl)cc1. The molecule has 2 N–H and O–H groups in total. The standard InChI is InChI=1S/C17H19Cl2N/c1-12-5-7-13(8-6-12)9-14(11-20)10-15-16(18)3-2-4-17(15)19/h2-8,14H,9-11,20H2,1H3. The van der Waals surface area contributed by atoms with Crippen LogP contribution in [0.5, 0.6) is 0 Å². The summed E-state index contributed by atoms with van der Waals surface area (Å²) >= 11 is 12.5. The van der Waals surface area contributed by atoms with E-state index in [9.17, 15) is 0 Å². The summed E-state index contributed by atoms with van der Waals surface area (Å²) in [6.07, 6.45) is 1.75. The summed E-state index contributed by atoms with van der Waals surface area (Å²) in [7, 11) is 0. The molecule has 2 rings (SSSR count). The molecule has 1 unspecified atom stereocenters. The second-order valence-electron chi connectivity index (χ2n) is 5.20. The van der Waals surface area contributed by atoms with Crippen LogP contribution in [0.3, 0.4) is 0 Å². The molecule has 20 heavy (non-hydrogen) atoms. The van der Waals surface area contributed by atoms with Gasteiger partial charge < -0.3 is 5.73 Å². The first-order valence-electron chi connectivity index (χ1n) is 6.78. The van der Waals surface area contributed by atoms with Gasteiger partial charge in [-0.15, -0.1) is 0 Å². The summed E-state index contributed by atoms with van der Waals surface area (Å²) in [4.78, 5) is 0. The lowest BCUT2D eigenvalue weighted by Crippen LogP contribution is -2.19. The fraction of sp³-hybridized carbons (Fsp3) is 0.294. The lowest BCUT2D eigenvalue weighted by Gasteiger charge is -2.17. The molecule has 1 atom stereocenters. The highest BCUT2D eigenvalue weighted by Crippen LogP contribution is 2.27. The number of halogens is 2. The molecule has 106 valence electrons. The molecule has 0 fully saturated rings. The molecular formula is C17H19Cl2N. The lowest BCUT2D eigenvalue weighted by atomic mass is 9.92. The largest absolute Gasteiger partial charge is 0.330 e. The van der Waals surface area contributed by atoms with E-state index in [1.54, 1.807) is 0 Å². The summed E-state index contributed by atoms with van der Waals surface area (Å²) in [6, 6.07) is 14.2. The topological polar surface area (TPSA) is 26.0 Å². The van der Waals surface area contributed by atoms with Crippen LogP contribution < -0.4 is 5.73 Å². The zero-order valence-electron chi connectivity index (χ0n) is 11.6. The van der Waals surface area contributed by atoms with Gasteiger partial charge in [0.15, 0.2) is 0 Å². The Labute approximate surface area is 130 Å². The third kappa shape index (κ3) is 3.99. The molecule has 2 aromatic carbocycles. The minimum Gasteiger partial charge on any atom is -0.330 e. The van der Waals surface area contributed by atoms with Crippen LogP contribution in [-0.2, 0) is 12.8 Å². The molecule has 0 saturated heterocycles. The van der Waals surface area contributed by atoms with Crippen molar-refractivity contribution in [3.63, 3.8) is 0 Å². The third-order valence-electron chi connectivity index (χ3n) is 3.53. The van der Waals surface area contributed by atoms with E-state index >= 15 is 0 Å². The minimum absolute atomic E-state index is 0.343. The Morgan fingerprint density at radius 1 is 0.950 bits per heavy atom. The highest BCUT2D eigenvalue weighted by molar-refractivity contribution is 6.35. The van der Waals surface area contributed by atoms with Crippen molar-refractivity contribution in [3.05, 3.63) is 69.2 Å². The van der Waals surface area contributed by atoms with E-state index < -0.39 is 0 Å². The lowest BCUT2D eigenvalue weighted by molar-refractivity contribution is 0.533. The fourth-order valence-corrected chi connectivity index (χ4v) is 2.86. The molecule has 2 aromatic rings. The number of aryl methyl sites for hydroxylation is 1. The van der Waals surface area contributed by atoms with E-state index in [1.807, 2.05) is 18.2 Å². The van der Waals surface area contributed by atoms with Crippen molar-refractivity contribution in [2.75, 3.05) is 6.54 Å². The van der Waals surface area contributed by atoms with Crippen molar-refractivity contribution < 1.29 is 0 Å². The first kappa shape index (κ1) is 15.4. The molecule has 0 aromatic heterocycles. The summed E-state index contributed by atoms with van der Waals surface area (Å²) in [5, 5.41) is 1.44. The molecule has 0 heterocycles. The third-order valence-corrected chi connectivity index (χ3v) is 4.24. The van der Waals surface area contributed by atoms with Gasteiger partial charge in [-0.05, 0) is 55.5 Å². The number of nitrogens with two attached hydrogens (primary N) is 1. The maximum absolute atomic E-state index is 6.23. The molecular weight excluding hydrogens is 289 g/mol. The highest BCUT2D eigenvalue weighted by Gasteiger charge is 2.13. The molecule has 0 aliphatic heterocycles. The van der Waals surface area contributed by atoms with Gasteiger partial charge in [0, 0.05) is 10.0 Å². The van der Waals surface area contributed by atoms with Gasteiger partial charge in [-0.3, -0.25) is 0 Å². The highest BCUT2D eigenvalue weighted by atomic mass is 35.5. The summed E-state index contributed by atoms with van der Waals surface area (Å²) < 4.78 is 0. The predicted molar refractivity (Wildman–Crippen MR) is 87.6 cm³/mol. The van der Waals surface area contributed by atoms with Gasteiger partial charge in [0.25, 0.3) is 0 Å². The Balaban J connectivity index is 2.11. The van der Waals surface area contributed by atoms with Gasteiger partial charge in [-0.2, -0.15) is 0 Å². The molecule has 0 spiro atoms. The van der Waals surface area contributed by atoms with E-state index in [4.69, 9.17) is 28.9 Å². The van der Waals surface area contributed by atoms with Crippen molar-refractivity contribution in [2.24, 2.45) is 11.7 Å². The zero-order valence-corrected chi connectivity index (χ0v) is 13.1. The average molecular weight is 308 g/mol. The van der Waals surface area contributed by atoms with Gasteiger partial charge in [-0.25, -0.2) is 0 Å². The second-order valence-corrected chi connectivity index (χ2v) is 6.01. The molecule has 0 aliphatic rings.